The monoisotopic (exact) mass is 237 g/mol. The van der Waals surface area contributed by atoms with Crippen molar-refractivity contribution < 1.29 is 9.59 Å². The molecule has 3 nitrogen and oxygen atoms in total. The van der Waals surface area contributed by atoms with Gasteiger partial charge in [-0.05, 0) is 12.1 Å². The van der Waals surface area contributed by atoms with Crippen molar-refractivity contribution in [3.05, 3.63) is 66.3 Å². The van der Waals surface area contributed by atoms with Gasteiger partial charge in [0.15, 0.2) is 0 Å². The van der Waals surface area contributed by atoms with Gasteiger partial charge in [-0.25, -0.2) is 4.90 Å². The molecule has 0 saturated carbocycles. The maximum Gasteiger partial charge on any atom is 0.262 e. The molecule has 0 radical (unpaired) electrons. The van der Waals surface area contributed by atoms with Crippen molar-refractivity contribution >= 4 is 17.5 Å². The Morgan fingerprint density at radius 1 is 0.944 bits per heavy atom. The Bertz CT molecular complexity index is 584. The highest BCUT2D eigenvalue weighted by Gasteiger charge is 2.34. The van der Waals surface area contributed by atoms with Gasteiger partial charge >= 0.3 is 0 Å². The Morgan fingerprint density at radius 2 is 1.61 bits per heavy atom. The zero-order valence-electron chi connectivity index (χ0n) is 9.61. The van der Waals surface area contributed by atoms with Gasteiger partial charge in [0.25, 0.3) is 11.8 Å². The highest BCUT2D eigenvalue weighted by Crippen LogP contribution is 2.29. The van der Waals surface area contributed by atoms with Crippen LogP contribution in [0.1, 0.15) is 0 Å². The first-order valence-electron chi connectivity index (χ1n) is 5.77. The molecule has 0 saturated heterocycles. The standard InChI is InChI=1S/C15H11NO2/c17-14-10-13(11-6-4-5-7-11)15(18)16(14)12-8-2-1-3-9-12/h1-11H. The molecule has 1 aliphatic heterocycles. The summed E-state index contributed by atoms with van der Waals surface area (Å²) in [6, 6.07) is 8.98. The third-order valence-electron chi connectivity index (χ3n) is 3.07. The maximum absolute atomic E-state index is 12.3. The first kappa shape index (κ1) is 10.7. The zero-order valence-corrected chi connectivity index (χ0v) is 9.61. The van der Waals surface area contributed by atoms with Crippen molar-refractivity contribution in [3.63, 3.8) is 0 Å². The van der Waals surface area contributed by atoms with E-state index in [1.807, 2.05) is 42.5 Å². The Labute approximate surface area is 105 Å². The number of hydrogen-bond acceptors (Lipinski definition) is 2. The van der Waals surface area contributed by atoms with Crippen LogP contribution >= 0.6 is 0 Å². The summed E-state index contributed by atoms with van der Waals surface area (Å²) in [7, 11) is 0. The summed E-state index contributed by atoms with van der Waals surface area (Å²) in [5, 5.41) is 0. The quantitative estimate of drug-likeness (QED) is 0.740. The van der Waals surface area contributed by atoms with Crippen LogP contribution in [0.3, 0.4) is 0 Å². The molecule has 3 rings (SSSR count). The van der Waals surface area contributed by atoms with Crippen LogP contribution in [0, 0.1) is 5.92 Å². The third kappa shape index (κ3) is 1.61. The number of anilines is 1. The second kappa shape index (κ2) is 4.11. The predicted molar refractivity (Wildman–Crippen MR) is 68.8 cm³/mol. The summed E-state index contributed by atoms with van der Waals surface area (Å²) in [5.74, 6) is -0.572. The van der Waals surface area contributed by atoms with E-state index in [9.17, 15) is 9.59 Å². The molecule has 0 unspecified atom stereocenters. The van der Waals surface area contributed by atoms with E-state index < -0.39 is 0 Å². The molecule has 0 N–H and O–H groups in total. The van der Waals surface area contributed by atoms with Crippen molar-refractivity contribution in [2.75, 3.05) is 4.90 Å². The molecule has 0 aromatic heterocycles. The van der Waals surface area contributed by atoms with Gasteiger partial charge in [0.1, 0.15) is 0 Å². The lowest BCUT2D eigenvalue weighted by molar-refractivity contribution is -0.120. The SMILES string of the molecule is O=C1C=C(C2C=CC=C2)C(=O)N1c1ccccc1. The Hall–Kier alpha value is -2.42. The fourth-order valence-electron chi connectivity index (χ4n) is 2.19. The minimum absolute atomic E-state index is 0.0739. The van der Waals surface area contributed by atoms with Gasteiger partial charge in [-0.15, -0.1) is 0 Å². The average Bonchev–Trinajstić information content (AvgIpc) is 2.99. The minimum Gasteiger partial charge on any atom is -0.269 e. The fraction of sp³-hybridized carbons (Fsp3) is 0.0667. The molecule has 0 fully saturated rings. The number of carbonyl (C=O) groups excluding carboxylic acids is 2. The van der Waals surface area contributed by atoms with Gasteiger partial charge in [0.2, 0.25) is 0 Å². The van der Waals surface area contributed by atoms with Crippen LogP contribution in [0.25, 0.3) is 0 Å². The van der Waals surface area contributed by atoms with Crippen molar-refractivity contribution in [2.24, 2.45) is 5.92 Å². The van der Waals surface area contributed by atoms with Crippen molar-refractivity contribution in [3.8, 4) is 0 Å². The lowest BCUT2D eigenvalue weighted by Gasteiger charge is -2.15. The van der Waals surface area contributed by atoms with E-state index in [2.05, 4.69) is 0 Å². The van der Waals surface area contributed by atoms with E-state index in [4.69, 9.17) is 0 Å². The second-order valence-corrected chi connectivity index (χ2v) is 4.21. The molecule has 1 aliphatic carbocycles. The molecule has 0 atom stereocenters. The topological polar surface area (TPSA) is 37.4 Å². The van der Waals surface area contributed by atoms with Crippen LogP contribution in [-0.4, -0.2) is 11.8 Å². The van der Waals surface area contributed by atoms with E-state index in [1.165, 1.54) is 11.0 Å². The maximum atomic E-state index is 12.3. The highest BCUT2D eigenvalue weighted by molar-refractivity contribution is 6.30. The van der Waals surface area contributed by atoms with Crippen LogP contribution in [0.15, 0.2) is 66.3 Å². The number of rotatable bonds is 2. The number of benzene rings is 1. The molecule has 1 aromatic rings. The zero-order chi connectivity index (χ0) is 12.5. The fourth-order valence-corrected chi connectivity index (χ4v) is 2.19. The van der Waals surface area contributed by atoms with Crippen molar-refractivity contribution in [1.82, 2.24) is 0 Å². The van der Waals surface area contributed by atoms with Gasteiger partial charge in [-0.2, -0.15) is 0 Å². The van der Waals surface area contributed by atoms with E-state index in [-0.39, 0.29) is 17.7 Å². The smallest absolute Gasteiger partial charge is 0.262 e. The van der Waals surface area contributed by atoms with Crippen LogP contribution in [0.2, 0.25) is 0 Å². The number of para-hydroxylation sites is 1. The number of nitrogens with zero attached hydrogens (tertiary/aromatic N) is 1. The van der Waals surface area contributed by atoms with Crippen LogP contribution in [0.5, 0.6) is 0 Å². The van der Waals surface area contributed by atoms with Gasteiger partial charge in [0.05, 0.1) is 5.69 Å². The molecule has 18 heavy (non-hydrogen) atoms. The van der Waals surface area contributed by atoms with Crippen LogP contribution < -0.4 is 4.90 Å². The first-order valence-corrected chi connectivity index (χ1v) is 5.77. The normalized spacial score (nSPS) is 18.9. The molecule has 0 bridgehead atoms. The molecule has 1 aromatic carbocycles. The number of amides is 2. The second-order valence-electron chi connectivity index (χ2n) is 4.21. The van der Waals surface area contributed by atoms with Crippen molar-refractivity contribution in [2.45, 2.75) is 0 Å². The lowest BCUT2D eigenvalue weighted by atomic mass is 10.0. The van der Waals surface area contributed by atoms with Crippen LogP contribution in [0.4, 0.5) is 5.69 Å². The third-order valence-corrected chi connectivity index (χ3v) is 3.07. The Kier molecular flexibility index (Phi) is 2.45. The summed E-state index contributed by atoms with van der Waals surface area (Å²) in [6.45, 7) is 0. The Balaban J connectivity index is 1.94. The van der Waals surface area contributed by atoms with Gasteiger partial charge in [-0.1, -0.05) is 42.5 Å². The van der Waals surface area contributed by atoms with E-state index in [0.29, 0.717) is 11.3 Å². The first-order chi connectivity index (χ1) is 8.77. The summed E-state index contributed by atoms with van der Waals surface area (Å²) in [6.07, 6.45) is 9.01. The Morgan fingerprint density at radius 3 is 2.28 bits per heavy atom. The van der Waals surface area contributed by atoms with Gasteiger partial charge in [-0.3, -0.25) is 9.59 Å². The van der Waals surface area contributed by atoms with Gasteiger partial charge in [0, 0.05) is 17.6 Å². The number of carbonyl (C=O) groups is 2. The largest absolute Gasteiger partial charge is 0.269 e. The van der Waals surface area contributed by atoms with E-state index in [1.54, 1.807) is 12.1 Å². The lowest BCUT2D eigenvalue weighted by Crippen LogP contribution is -2.31. The molecule has 1 heterocycles. The van der Waals surface area contributed by atoms with Crippen molar-refractivity contribution in [1.29, 1.82) is 0 Å². The number of hydrogen-bond donors (Lipinski definition) is 0. The summed E-state index contributed by atoms with van der Waals surface area (Å²) in [4.78, 5) is 25.4. The molecular formula is C15H11NO2. The summed E-state index contributed by atoms with van der Waals surface area (Å²) in [5.41, 5.74) is 1.15. The number of imide groups is 1. The summed E-state index contributed by atoms with van der Waals surface area (Å²) >= 11 is 0. The summed E-state index contributed by atoms with van der Waals surface area (Å²) < 4.78 is 0. The molecule has 0 spiro atoms. The number of allylic oxidation sites excluding steroid dienone is 4. The molecule has 2 aliphatic rings. The van der Waals surface area contributed by atoms with Crippen LogP contribution in [-0.2, 0) is 9.59 Å². The van der Waals surface area contributed by atoms with E-state index in [0.717, 1.165) is 0 Å². The van der Waals surface area contributed by atoms with E-state index >= 15 is 0 Å². The average molecular weight is 237 g/mol. The molecule has 2 amide bonds. The predicted octanol–water partition coefficient (Wildman–Crippen LogP) is 2.23. The molecule has 3 heteroatoms. The molecular weight excluding hydrogens is 226 g/mol. The minimum atomic E-state index is -0.269. The van der Waals surface area contributed by atoms with Gasteiger partial charge < -0.3 is 0 Å². The molecule has 88 valence electrons. The highest BCUT2D eigenvalue weighted by atomic mass is 16.2.